The number of nitrogen functional groups attached to an aromatic ring is 1. The van der Waals surface area contributed by atoms with Gasteiger partial charge in [0.25, 0.3) is 0 Å². The minimum absolute atomic E-state index is 0.799. The molecular formula is C17H24N4. The van der Waals surface area contributed by atoms with Crippen LogP contribution in [0, 0.1) is 5.92 Å². The van der Waals surface area contributed by atoms with Gasteiger partial charge in [0.1, 0.15) is 0 Å². The van der Waals surface area contributed by atoms with Gasteiger partial charge in [0, 0.05) is 24.7 Å². The van der Waals surface area contributed by atoms with Crippen LogP contribution in [0.4, 0.5) is 11.4 Å². The van der Waals surface area contributed by atoms with E-state index in [1.165, 1.54) is 25.9 Å². The number of pyridine rings is 1. The van der Waals surface area contributed by atoms with Crippen molar-refractivity contribution < 1.29 is 0 Å². The van der Waals surface area contributed by atoms with Crippen LogP contribution in [-0.4, -0.2) is 36.1 Å². The largest absolute Gasteiger partial charge is 0.397 e. The third kappa shape index (κ3) is 3.27. The standard InChI is InChI=1S/C17H24N4/c1-13-6-10-21(11-7-13)12-9-20-16-5-4-15-14(17(16)18)3-2-8-19-15/h2-5,8,13,20H,6-7,9-12,18H2,1H3. The molecule has 0 amide bonds. The summed E-state index contributed by atoms with van der Waals surface area (Å²) in [5.41, 5.74) is 9.00. The zero-order valence-electron chi connectivity index (χ0n) is 12.7. The molecule has 2 heterocycles. The molecular weight excluding hydrogens is 260 g/mol. The molecule has 4 heteroatoms. The fourth-order valence-corrected chi connectivity index (χ4v) is 2.96. The molecule has 1 aliphatic rings. The molecule has 0 atom stereocenters. The van der Waals surface area contributed by atoms with E-state index in [1.54, 1.807) is 6.20 Å². The van der Waals surface area contributed by atoms with Crippen LogP contribution in [0.25, 0.3) is 10.9 Å². The second-order valence-electron chi connectivity index (χ2n) is 6.05. The number of nitrogens with zero attached hydrogens (tertiary/aromatic N) is 2. The molecule has 0 spiro atoms. The number of fused-ring (bicyclic) bond motifs is 1. The predicted octanol–water partition coefficient (Wildman–Crippen LogP) is 2.96. The zero-order chi connectivity index (χ0) is 14.7. The average Bonchev–Trinajstić information content (AvgIpc) is 2.52. The first-order valence-corrected chi connectivity index (χ1v) is 7.83. The zero-order valence-corrected chi connectivity index (χ0v) is 12.7. The second-order valence-corrected chi connectivity index (χ2v) is 6.05. The quantitative estimate of drug-likeness (QED) is 0.848. The molecule has 3 N–H and O–H groups in total. The lowest BCUT2D eigenvalue weighted by Gasteiger charge is -2.30. The molecule has 0 bridgehead atoms. The molecule has 21 heavy (non-hydrogen) atoms. The Labute approximate surface area is 126 Å². The van der Waals surface area contributed by atoms with E-state index in [1.807, 2.05) is 24.3 Å². The summed E-state index contributed by atoms with van der Waals surface area (Å²) < 4.78 is 0. The lowest BCUT2D eigenvalue weighted by molar-refractivity contribution is 0.199. The van der Waals surface area contributed by atoms with Crippen LogP contribution in [-0.2, 0) is 0 Å². The van der Waals surface area contributed by atoms with Crippen LogP contribution in [0.1, 0.15) is 19.8 Å². The highest BCUT2D eigenvalue weighted by Crippen LogP contribution is 2.27. The lowest BCUT2D eigenvalue weighted by Crippen LogP contribution is -2.36. The number of likely N-dealkylation sites (tertiary alicyclic amines) is 1. The molecule has 1 fully saturated rings. The number of anilines is 2. The molecule has 0 radical (unpaired) electrons. The summed E-state index contributed by atoms with van der Waals surface area (Å²) in [6.45, 7) is 6.81. The molecule has 1 saturated heterocycles. The lowest BCUT2D eigenvalue weighted by atomic mass is 9.99. The van der Waals surface area contributed by atoms with Gasteiger partial charge in [0.2, 0.25) is 0 Å². The first kappa shape index (κ1) is 14.1. The van der Waals surface area contributed by atoms with Crippen LogP contribution in [0.15, 0.2) is 30.5 Å². The van der Waals surface area contributed by atoms with E-state index in [4.69, 9.17) is 5.73 Å². The Bertz CT molecular complexity index is 603. The minimum atomic E-state index is 0.799. The molecule has 2 aromatic rings. The van der Waals surface area contributed by atoms with Crippen molar-refractivity contribution >= 4 is 22.3 Å². The van der Waals surface area contributed by atoms with Crippen LogP contribution < -0.4 is 11.1 Å². The smallest absolute Gasteiger partial charge is 0.0724 e. The first-order chi connectivity index (χ1) is 10.2. The van der Waals surface area contributed by atoms with E-state index in [2.05, 4.69) is 22.1 Å². The number of piperidine rings is 1. The summed E-state index contributed by atoms with van der Waals surface area (Å²) in [7, 11) is 0. The third-order valence-corrected chi connectivity index (χ3v) is 4.45. The summed E-state index contributed by atoms with van der Waals surface area (Å²) in [4.78, 5) is 6.86. The Kier molecular flexibility index (Phi) is 4.25. The van der Waals surface area contributed by atoms with Gasteiger partial charge >= 0.3 is 0 Å². The molecule has 0 unspecified atom stereocenters. The highest BCUT2D eigenvalue weighted by Gasteiger charge is 2.15. The van der Waals surface area contributed by atoms with Crippen molar-refractivity contribution in [2.24, 2.45) is 5.92 Å². The topological polar surface area (TPSA) is 54.2 Å². The summed E-state index contributed by atoms with van der Waals surface area (Å²) in [6, 6.07) is 8.01. The Hall–Kier alpha value is -1.81. The molecule has 3 rings (SSSR count). The molecule has 112 valence electrons. The fraction of sp³-hybridized carbons (Fsp3) is 0.471. The van der Waals surface area contributed by atoms with Crippen molar-refractivity contribution in [2.45, 2.75) is 19.8 Å². The number of hydrogen-bond acceptors (Lipinski definition) is 4. The number of nitrogens with one attached hydrogen (secondary N) is 1. The predicted molar refractivity (Wildman–Crippen MR) is 89.5 cm³/mol. The van der Waals surface area contributed by atoms with Crippen molar-refractivity contribution in [3.63, 3.8) is 0 Å². The summed E-state index contributed by atoms with van der Waals surface area (Å²) >= 11 is 0. The van der Waals surface area contributed by atoms with Gasteiger partial charge in [-0.05, 0) is 56.1 Å². The Balaban J connectivity index is 1.59. The number of benzene rings is 1. The van der Waals surface area contributed by atoms with Gasteiger partial charge in [-0.3, -0.25) is 4.98 Å². The van der Waals surface area contributed by atoms with Gasteiger partial charge in [-0.1, -0.05) is 6.92 Å². The second kappa shape index (κ2) is 6.31. The van der Waals surface area contributed by atoms with Gasteiger partial charge < -0.3 is 16.0 Å². The van der Waals surface area contributed by atoms with Crippen molar-refractivity contribution in [2.75, 3.05) is 37.2 Å². The molecule has 0 saturated carbocycles. The minimum Gasteiger partial charge on any atom is -0.397 e. The third-order valence-electron chi connectivity index (χ3n) is 4.45. The number of nitrogens with two attached hydrogens (primary N) is 1. The fourth-order valence-electron chi connectivity index (χ4n) is 2.96. The summed E-state index contributed by atoms with van der Waals surface area (Å²) in [5.74, 6) is 0.887. The van der Waals surface area contributed by atoms with Crippen LogP contribution in [0.5, 0.6) is 0 Å². The van der Waals surface area contributed by atoms with Crippen molar-refractivity contribution in [3.05, 3.63) is 30.5 Å². The number of aromatic nitrogens is 1. The molecule has 1 aliphatic heterocycles. The van der Waals surface area contributed by atoms with E-state index in [-0.39, 0.29) is 0 Å². The van der Waals surface area contributed by atoms with Gasteiger partial charge in [-0.25, -0.2) is 0 Å². The molecule has 1 aromatic heterocycles. The van der Waals surface area contributed by atoms with E-state index in [0.717, 1.165) is 41.3 Å². The van der Waals surface area contributed by atoms with Gasteiger partial charge in [0.05, 0.1) is 16.9 Å². The SMILES string of the molecule is CC1CCN(CCNc2ccc3ncccc3c2N)CC1. The summed E-state index contributed by atoms with van der Waals surface area (Å²) in [5, 5.41) is 4.49. The highest BCUT2D eigenvalue weighted by molar-refractivity contribution is 5.96. The Morgan fingerprint density at radius 2 is 2.10 bits per heavy atom. The van der Waals surface area contributed by atoms with Crippen molar-refractivity contribution in [1.82, 2.24) is 9.88 Å². The molecule has 1 aromatic carbocycles. The van der Waals surface area contributed by atoms with Crippen LogP contribution >= 0.6 is 0 Å². The average molecular weight is 284 g/mol. The maximum absolute atomic E-state index is 6.24. The Morgan fingerprint density at radius 1 is 1.29 bits per heavy atom. The molecule has 0 aliphatic carbocycles. The maximum atomic E-state index is 6.24. The molecule has 4 nitrogen and oxygen atoms in total. The normalized spacial score (nSPS) is 17.2. The van der Waals surface area contributed by atoms with E-state index in [0.29, 0.717) is 0 Å². The van der Waals surface area contributed by atoms with Crippen LogP contribution in [0.2, 0.25) is 0 Å². The number of hydrogen-bond donors (Lipinski definition) is 2. The highest BCUT2D eigenvalue weighted by atomic mass is 15.1. The van der Waals surface area contributed by atoms with E-state index in [9.17, 15) is 0 Å². The summed E-state index contributed by atoms with van der Waals surface area (Å²) in [6.07, 6.45) is 4.44. The van der Waals surface area contributed by atoms with E-state index < -0.39 is 0 Å². The van der Waals surface area contributed by atoms with Crippen molar-refractivity contribution in [3.8, 4) is 0 Å². The number of rotatable bonds is 4. The van der Waals surface area contributed by atoms with Gasteiger partial charge in [0.15, 0.2) is 0 Å². The monoisotopic (exact) mass is 284 g/mol. The van der Waals surface area contributed by atoms with Crippen molar-refractivity contribution in [1.29, 1.82) is 0 Å². The Morgan fingerprint density at radius 3 is 2.90 bits per heavy atom. The maximum Gasteiger partial charge on any atom is 0.0724 e. The first-order valence-electron chi connectivity index (χ1n) is 7.83. The van der Waals surface area contributed by atoms with Gasteiger partial charge in [-0.15, -0.1) is 0 Å². The van der Waals surface area contributed by atoms with Gasteiger partial charge in [-0.2, -0.15) is 0 Å². The van der Waals surface area contributed by atoms with Crippen LogP contribution in [0.3, 0.4) is 0 Å². The van der Waals surface area contributed by atoms with E-state index >= 15 is 0 Å².